The summed E-state index contributed by atoms with van der Waals surface area (Å²) in [5.41, 5.74) is 6.54. The predicted molar refractivity (Wildman–Crippen MR) is 56.7 cm³/mol. The zero-order chi connectivity index (χ0) is 10.4. The molecule has 0 spiro atoms. The standard InChI is InChI=1S/C11H9ClN2/c12-11-5-4-9(3-1-2-6-13)7-10(11)8-14/h4-5,7H,2,6,13H2. The van der Waals surface area contributed by atoms with Crippen molar-refractivity contribution in [1.29, 1.82) is 5.26 Å². The first-order valence-electron chi connectivity index (χ1n) is 4.16. The van der Waals surface area contributed by atoms with Crippen LogP contribution < -0.4 is 5.73 Å². The number of rotatable bonds is 1. The normalized spacial score (nSPS) is 8.64. The maximum Gasteiger partial charge on any atom is 0.101 e. The molecule has 0 unspecified atom stereocenters. The molecule has 70 valence electrons. The molecule has 0 amide bonds. The molecule has 0 bridgehead atoms. The van der Waals surface area contributed by atoms with E-state index >= 15 is 0 Å². The van der Waals surface area contributed by atoms with Crippen LogP contribution in [0.1, 0.15) is 17.5 Å². The summed E-state index contributed by atoms with van der Waals surface area (Å²) in [5.74, 6) is 5.80. The van der Waals surface area contributed by atoms with Gasteiger partial charge in [-0.05, 0) is 18.2 Å². The smallest absolute Gasteiger partial charge is 0.101 e. The first kappa shape index (κ1) is 10.6. The lowest BCUT2D eigenvalue weighted by atomic mass is 10.1. The molecule has 2 nitrogen and oxygen atoms in total. The maximum atomic E-state index is 8.71. The van der Waals surface area contributed by atoms with Crippen LogP contribution in [0.25, 0.3) is 0 Å². The van der Waals surface area contributed by atoms with Crippen molar-refractivity contribution in [3.63, 3.8) is 0 Å². The van der Waals surface area contributed by atoms with E-state index in [-0.39, 0.29) is 0 Å². The van der Waals surface area contributed by atoms with Crippen LogP contribution in [0.2, 0.25) is 5.02 Å². The van der Waals surface area contributed by atoms with Crippen molar-refractivity contribution in [3.8, 4) is 17.9 Å². The van der Waals surface area contributed by atoms with E-state index in [1.54, 1.807) is 18.2 Å². The van der Waals surface area contributed by atoms with Gasteiger partial charge in [-0.15, -0.1) is 0 Å². The van der Waals surface area contributed by atoms with Crippen molar-refractivity contribution in [2.45, 2.75) is 6.42 Å². The van der Waals surface area contributed by atoms with Crippen molar-refractivity contribution in [2.24, 2.45) is 5.73 Å². The molecule has 0 aliphatic rings. The van der Waals surface area contributed by atoms with Gasteiger partial charge in [0, 0.05) is 18.5 Å². The van der Waals surface area contributed by atoms with E-state index in [2.05, 4.69) is 11.8 Å². The van der Waals surface area contributed by atoms with Crippen LogP contribution in [0.15, 0.2) is 18.2 Å². The highest BCUT2D eigenvalue weighted by atomic mass is 35.5. The van der Waals surface area contributed by atoms with Gasteiger partial charge in [0.15, 0.2) is 0 Å². The second kappa shape index (κ2) is 5.29. The quantitative estimate of drug-likeness (QED) is 0.711. The van der Waals surface area contributed by atoms with Crippen molar-refractivity contribution in [2.75, 3.05) is 6.54 Å². The van der Waals surface area contributed by atoms with Crippen molar-refractivity contribution in [1.82, 2.24) is 0 Å². The summed E-state index contributed by atoms with van der Waals surface area (Å²) in [7, 11) is 0. The minimum absolute atomic E-state index is 0.450. The number of nitrogens with zero attached hydrogens (tertiary/aromatic N) is 1. The number of halogens is 1. The minimum Gasteiger partial charge on any atom is -0.330 e. The molecule has 0 radical (unpaired) electrons. The summed E-state index contributed by atoms with van der Waals surface area (Å²) in [6.07, 6.45) is 0.657. The van der Waals surface area contributed by atoms with Crippen LogP contribution in [-0.2, 0) is 0 Å². The molecule has 0 aliphatic heterocycles. The molecule has 0 heterocycles. The molecule has 1 rings (SSSR count). The molecule has 0 fully saturated rings. The van der Waals surface area contributed by atoms with Crippen molar-refractivity contribution < 1.29 is 0 Å². The molecule has 3 heteroatoms. The molecular formula is C11H9ClN2. The molecule has 2 N–H and O–H groups in total. The van der Waals surface area contributed by atoms with Gasteiger partial charge < -0.3 is 5.73 Å². The molecule has 0 aliphatic carbocycles. The second-order valence-electron chi connectivity index (χ2n) is 2.65. The molecule has 0 saturated heterocycles. The number of hydrogen-bond donors (Lipinski definition) is 1. The highest BCUT2D eigenvalue weighted by Crippen LogP contribution is 2.15. The molecular weight excluding hydrogens is 196 g/mol. The second-order valence-corrected chi connectivity index (χ2v) is 3.05. The predicted octanol–water partition coefficient (Wildman–Crippen LogP) is 1.91. The maximum absolute atomic E-state index is 8.71. The third-order valence-electron chi connectivity index (χ3n) is 1.59. The van der Waals surface area contributed by atoms with Gasteiger partial charge in [0.25, 0.3) is 0 Å². The Morgan fingerprint density at radius 1 is 1.43 bits per heavy atom. The number of benzene rings is 1. The van der Waals surface area contributed by atoms with Gasteiger partial charge in [-0.3, -0.25) is 0 Å². The van der Waals surface area contributed by atoms with Gasteiger partial charge in [0.05, 0.1) is 10.6 Å². The van der Waals surface area contributed by atoms with Crippen LogP contribution in [0.4, 0.5) is 0 Å². The Hall–Kier alpha value is -1.48. The van der Waals surface area contributed by atoms with E-state index < -0.39 is 0 Å². The Balaban J connectivity index is 2.93. The Kier molecular flexibility index (Phi) is 4.01. The van der Waals surface area contributed by atoms with Crippen LogP contribution in [0.5, 0.6) is 0 Å². The van der Waals surface area contributed by atoms with E-state index in [0.29, 0.717) is 23.6 Å². The zero-order valence-electron chi connectivity index (χ0n) is 7.55. The van der Waals surface area contributed by atoms with Crippen LogP contribution in [0.3, 0.4) is 0 Å². The lowest BCUT2D eigenvalue weighted by Crippen LogP contribution is -1.95. The first-order valence-corrected chi connectivity index (χ1v) is 4.54. The van der Waals surface area contributed by atoms with E-state index in [0.717, 1.165) is 5.56 Å². The third kappa shape index (κ3) is 2.78. The topological polar surface area (TPSA) is 49.8 Å². The van der Waals surface area contributed by atoms with Gasteiger partial charge in [0.1, 0.15) is 6.07 Å². The van der Waals surface area contributed by atoms with Crippen molar-refractivity contribution >= 4 is 11.6 Å². The minimum atomic E-state index is 0.450. The first-order chi connectivity index (χ1) is 6.77. The average molecular weight is 205 g/mol. The Labute approximate surface area is 88.3 Å². The largest absolute Gasteiger partial charge is 0.330 e. The fourth-order valence-corrected chi connectivity index (χ4v) is 1.09. The zero-order valence-corrected chi connectivity index (χ0v) is 8.30. The monoisotopic (exact) mass is 204 g/mol. The van der Waals surface area contributed by atoms with Gasteiger partial charge in [0.2, 0.25) is 0 Å². The lowest BCUT2D eigenvalue weighted by molar-refractivity contribution is 1.03. The van der Waals surface area contributed by atoms with Gasteiger partial charge >= 0.3 is 0 Å². The van der Waals surface area contributed by atoms with Crippen LogP contribution in [0, 0.1) is 23.2 Å². The average Bonchev–Trinajstić information content (AvgIpc) is 2.21. The van der Waals surface area contributed by atoms with E-state index in [1.165, 1.54) is 0 Å². The summed E-state index contributed by atoms with van der Waals surface area (Å²) in [5, 5.41) is 9.17. The summed E-state index contributed by atoms with van der Waals surface area (Å²) in [6.45, 7) is 0.547. The van der Waals surface area contributed by atoms with Gasteiger partial charge in [-0.2, -0.15) is 5.26 Å². The summed E-state index contributed by atoms with van der Waals surface area (Å²) in [6, 6.07) is 7.13. The molecule has 1 aromatic rings. The third-order valence-corrected chi connectivity index (χ3v) is 1.92. The lowest BCUT2D eigenvalue weighted by Gasteiger charge is -1.94. The summed E-state index contributed by atoms with van der Waals surface area (Å²) < 4.78 is 0. The number of nitriles is 1. The molecule has 0 aromatic heterocycles. The Morgan fingerprint density at radius 2 is 2.21 bits per heavy atom. The number of hydrogen-bond acceptors (Lipinski definition) is 2. The van der Waals surface area contributed by atoms with E-state index in [9.17, 15) is 0 Å². The van der Waals surface area contributed by atoms with Crippen LogP contribution in [-0.4, -0.2) is 6.54 Å². The SMILES string of the molecule is N#Cc1cc(C#CCCN)ccc1Cl. The summed E-state index contributed by atoms with van der Waals surface area (Å²) >= 11 is 5.77. The Bertz CT molecular complexity index is 421. The molecule has 0 atom stereocenters. The highest BCUT2D eigenvalue weighted by Gasteiger charge is 1.98. The number of nitrogens with two attached hydrogens (primary N) is 1. The fraction of sp³-hybridized carbons (Fsp3) is 0.182. The summed E-state index contributed by atoms with van der Waals surface area (Å²) in [4.78, 5) is 0. The molecule has 0 saturated carbocycles. The Morgan fingerprint density at radius 3 is 2.86 bits per heavy atom. The van der Waals surface area contributed by atoms with Gasteiger partial charge in [-0.1, -0.05) is 23.4 Å². The molecule has 1 aromatic carbocycles. The van der Waals surface area contributed by atoms with Gasteiger partial charge in [-0.25, -0.2) is 0 Å². The fourth-order valence-electron chi connectivity index (χ4n) is 0.925. The van der Waals surface area contributed by atoms with E-state index in [1.807, 2.05) is 6.07 Å². The molecule has 14 heavy (non-hydrogen) atoms. The van der Waals surface area contributed by atoms with E-state index in [4.69, 9.17) is 22.6 Å². The van der Waals surface area contributed by atoms with Crippen molar-refractivity contribution in [3.05, 3.63) is 34.3 Å². The van der Waals surface area contributed by atoms with Crippen LogP contribution >= 0.6 is 11.6 Å². The highest BCUT2D eigenvalue weighted by molar-refractivity contribution is 6.31.